The van der Waals surface area contributed by atoms with Crippen molar-refractivity contribution >= 4 is 27.8 Å². The summed E-state index contributed by atoms with van der Waals surface area (Å²) in [6.45, 7) is 0. The van der Waals surface area contributed by atoms with Gasteiger partial charge in [-0.2, -0.15) is 0 Å². The predicted octanol–water partition coefficient (Wildman–Crippen LogP) is 2.79. The first-order valence-electron chi connectivity index (χ1n) is 6.26. The highest BCUT2D eigenvalue weighted by Gasteiger charge is 2.20. The van der Waals surface area contributed by atoms with Crippen LogP contribution in [0, 0.1) is 0 Å². The molecule has 2 aromatic rings. The van der Waals surface area contributed by atoms with Crippen LogP contribution in [0.15, 0.2) is 53.1 Å². The number of hydrogen-bond donors (Lipinski definition) is 2. The Bertz CT molecular complexity index is 646. The van der Waals surface area contributed by atoms with Crippen molar-refractivity contribution in [3.8, 4) is 0 Å². The number of aliphatic carboxylic acids is 1. The molecule has 1 heterocycles. The van der Waals surface area contributed by atoms with Gasteiger partial charge in [-0.15, -0.1) is 0 Å². The Balaban J connectivity index is 2.21. The number of amides is 1. The number of nitrogens with zero attached hydrogens (tertiary/aromatic N) is 1. The molecule has 0 radical (unpaired) electrons. The van der Waals surface area contributed by atoms with Crippen molar-refractivity contribution < 1.29 is 14.7 Å². The van der Waals surface area contributed by atoms with Crippen molar-refractivity contribution in [2.75, 3.05) is 0 Å². The molecule has 2 rings (SSSR count). The quantitative estimate of drug-likeness (QED) is 0.870. The van der Waals surface area contributed by atoms with E-state index in [-0.39, 0.29) is 12.1 Å². The summed E-state index contributed by atoms with van der Waals surface area (Å²) < 4.78 is 0.560. The lowest BCUT2D eigenvalue weighted by Gasteiger charge is -2.17. The second-order valence-corrected chi connectivity index (χ2v) is 5.22. The molecule has 6 heteroatoms. The summed E-state index contributed by atoms with van der Waals surface area (Å²) in [5.41, 5.74) is 0.962. The lowest BCUT2D eigenvalue weighted by atomic mass is 10.0. The van der Waals surface area contributed by atoms with Gasteiger partial charge in [0.1, 0.15) is 5.69 Å². The Morgan fingerprint density at radius 2 is 1.90 bits per heavy atom. The number of nitrogens with one attached hydrogen (secondary N) is 1. The molecule has 0 bridgehead atoms. The molecule has 0 spiro atoms. The number of carbonyl (C=O) groups excluding carboxylic acids is 1. The molecule has 0 saturated carbocycles. The fraction of sp³-hybridized carbons (Fsp3) is 0.133. The van der Waals surface area contributed by atoms with Gasteiger partial charge in [-0.3, -0.25) is 9.59 Å². The molecule has 1 amide bonds. The predicted molar refractivity (Wildman–Crippen MR) is 80.8 cm³/mol. The molecule has 5 nitrogen and oxygen atoms in total. The molecule has 108 valence electrons. The highest BCUT2D eigenvalue weighted by Crippen LogP contribution is 2.19. The second-order valence-electron chi connectivity index (χ2n) is 4.37. The SMILES string of the molecule is O=C(O)CC(NC(=O)c1ncccc1Br)c1ccccc1. The first-order valence-corrected chi connectivity index (χ1v) is 7.05. The summed E-state index contributed by atoms with van der Waals surface area (Å²) in [7, 11) is 0. The number of halogens is 1. The van der Waals surface area contributed by atoms with Crippen LogP contribution in [0.5, 0.6) is 0 Å². The van der Waals surface area contributed by atoms with Gasteiger partial charge in [0.25, 0.3) is 5.91 Å². The molecule has 1 atom stereocenters. The van der Waals surface area contributed by atoms with E-state index >= 15 is 0 Å². The Morgan fingerprint density at radius 3 is 2.52 bits per heavy atom. The lowest BCUT2D eigenvalue weighted by molar-refractivity contribution is -0.137. The van der Waals surface area contributed by atoms with Crippen molar-refractivity contribution in [1.82, 2.24) is 10.3 Å². The van der Waals surface area contributed by atoms with Gasteiger partial charge in [0.2, 0.25) is 0 Å². The lowest BCUT2D eigenvalue weighted by Crippen LogP contribution is -2.31. The van der Waals surface area contributed by atoms with Gasteiger partial charge in [-0.05, 0) is 33.6 Å². The van der Waals surface area contributed by atoms with Crippen molar-refractivity contribution in [1.29, 1.82) is 0 Å². The minimum atomic E-state index is -0.982. The zero-order chi connectivity index (χ0) is 15.2. The number of pyridine rings is 1. The normalized spacial score (nSPS) is 11.7. The largest absolute Gasteiger partial charge is 0.481 e. The molecule has 1 unspecified atom stereocenters. The maximum Gasteiger partial charge on any atom is 0.305 e. The summed E-state index contributed by atoms with van der Waals surface area (Å²) >= 11 is 3.25. The maximum atomic E-state index is 12.2. The summed E-state index contributed by atoms with van der Waals surface area (Å²) in [5.74, 6) is -1.40. The van der Waals surface area contributed by atoms with E-state index < -0.39 is 17.9 Å². The third-order valence-corrected chi connectivity index (χ3v) is 3.50. The zero-order valence-corrected chi connectivity index (χ0v) is 12.6. The number of carboxylic acid groups (broad SMARTS) is 1. The number of rotatable bonds is 5. The van der Waals surface area contributed by atoms with Crippen LogP contribution < -0.4 is 5.32 Å². The van der Waals surface area contributed by atoms with Crippen LogP contribution in [0.4, 0.5) is 0 Å². The average molecular weight is 349 g/mol. The maximum absolute atomic E-state index is 12.2. The van der Waals surface area contributed by atoms with Crippen LogP contribution in [0.3, 0.4) is 0 Å². The van der Waals surface area contributed by atoms with Crippen LogP contribution in [-0.4, -0.2) is 22.0 Å². The van der Waals surface area contributed by atoms with Crippen molar-refractivity contribution in [2.45, 2.75) is 12.5 Å². The summed E-state index contributed by atoms with van der Waals surface area (Å²) in [5, 5.41) is 11.7. The first-order chi connectivity index (χ1) is 10.1. The van der Waals surface area contributed by atoms with Gasteiger partial charge in [-0.25, -0.2) is 4.98 Å². The standard InChI is InChI=1S/C15H13BrN2O3/c16-11-7-4-8-17-14(11)15(21)18-12(9-13(19)20)10-5-2-1-3-6-10/h1-8,12H,9H2,(H,18,21)(H,19,20). The van der Waals surface area contributed by atoms with Crippen LogP contribution in [0.1, 0.15) is 28.5 Å². The van der Waals surface area contributed by atoms with E-state index in [0.29, 0.717) is 4.47 Å². The third kappa shape index (κ3) is 4.13. The van der Waals surface area contributed by atoms with Gasteiger partial charge in [0.05, 0.1) is 12.5 Å². The molecular weight excluding hydrogens is 336 g/mol. The van der Waals surface area contributed by atoms with Crippen LogP contribution in [-0.2, 0) is 4.79 Å². The minimum absolute atomic E-state index is 0.194. The average Bonchev–Trinajstić information content (AvgIpc) is 2.47. The molecule has 0 aliphatic rings. The van der Waals surface area contributed by atoms with Gasteiger partial charge in [0, 0.05) is 10.7 Å². The monoisotopic (exact) mass is 348 g/mol. The highest BCUT2D eigenvalue weighted by molar-refractivity contribution is 9.10. The number of aromatic nitrogens is 1. The number of hydrogen-bond acceptors (Lipinski definition) is 3. The van der Waals surface area contributed by atoms with E-state index in [0.717, 1.165) is 5.56 Å². The molecule has 0 aliphatic heterocycles. The Hall–Kier alpha value is -2.21. The van der Waals surface area contributed by atoms with E-state index in [1.54, 1.807) is 36.4 Å². The molecule has 21 heavy (non-hydrogen) atoms. The van der Waals surface area contributed by atoms with Gasteiger partial charge >= 0.3 is 5.97 Å². The fourth-order valence-corrected chi connectivity index (χ4v) is 2.33. The van der Waals surface area contributed by atoms with Crippen molar-refractivity contribution in [2.24, 2.45) is 0 Å². The molecule has 2 N–H and O–H groups in total. The van der Waals surface area contributed by atoms with Crippen LogP contribution in [0.2, 0.25) is 0 Å². The van der Waals surface area contributed by atoms with Crippen LogP contribution >= 0.6 is 15.9 Å². The first kappa shape index (κ1) is 15.2. The molecule has 0 saturated heterocycles. The summed E-state index contributed by atoms with van der Waals surface area (Å²) in [4.78, 5) is 27.2. The molecule has 0 aliphatic carbocycles. The molecule has 0 fully saturated rings. The van der Waals surface area contributed by atoms with Crippen LogP contribution in [0.25, 0.3) is 0 Å². The fourth-order valence-electron chi connectivity index (χ4n) is 1.89. The van der Waals surface area contributed by atoms with Gasteiger partial charge < -0.3 is 10.4 Å². The number of carbonyl (C=O) groups is 2. The summed E-state index contributed by atoms with van der Waals surface area (Å²) in [6.07, 6.45) is 1.31. The topological polar surface area (TPSA) is 79.3 Å². The molecule has 1 aromatic heterocycles. The highest BCUT2D eigenvalue weighted by atomic mass is 79.9. The van der Waals surface area contributed by atoms with E-state index in [1.807, 2.05) is 6.07 Å². The van der Waals surface area contributed by atoms with Crippen molar-refractivity contribution in [3.05, 3.63) is 64.4 Å². The summed E-state index contributed by atoms with van der Waals surface area (Å²) in [6, 6.07) is 11.8. The molecular formula is C15H13BrN2O3. The van der Waals surface area contributed by atoms with Crippen molar-refractivity contribution in [3.63, 3.8) is 0 Å². The van der Waals surface area contributed by atoms with Gasteiger partial charge in [0.15, 0.2) is 0 Å². The zero-order valence-electron chi connectivity index (χ0n) is 11.0. The molecule has 1 aromatic carbocycles. The van der Waals surface area contributed by atoms with E-state index in [9.17, 15) is 9.59 Å². The second kappa shape index (κ2) is 6.99. The Kier molecular flexibility index (Phi) is 5.05. The third-order valence-electron chi connectivity index (χ3n) is 2.86. The minimum Gasteiger partial charge on any atom is -0.481 e. The number of benzene rings is 1. The smallest absolute Gasteiger partial charge is 0.305 e. The van der Waals surface area contributed by atoms with E-state index in [4.69, 9.17) is 5.11 Å². The Morgan fingerprint density at radius 1 is 1.19 bits per heavy atom. The van der Waals surface area contributed by atoms with E-state index in [2.05, 4.69) is 26.2 Å². The Labute approximate surface area is 130 Å². The number of carboxylic acids is 1. The van der Waals surface area contributed by atoms with Gasteiger partial charge in [-0.1, -0.05) is 30.3 Å². The van der Waals surface area contributed by atoms with E-state index in [1.165, 1.54) is 6.20 Å².